The van der Waals surface area contributed by atoms with Crippen molar-refractivity contribution in [1.29, 1.82) is 0 Å². The predicted octanol–water partition coefficient (Wildman–Crippen LogP) is 2.77. The third kappa shape index (κ3) is 2.79. The molecule has 0 fully saturated rings. The van der Waals surface area contributed by atoms with Crippen molar-refractivity contribution in [1.82, 2.24) is 15.2 Å². The Morgan fingerprint density at radius 3 is 2.87 bits per heavy atom. The van der Waals surface area contributed by atoms with Crippen LogP contribution in [-0.4, -0.2) is 21.2 Å². The number of pyridine rings is 1. The first-order valence-electron chi connectivity index (χ1n) is 6.31. The molecule has 8 nitrogen and oxygen atoms in total. The Bertz CT molecular complexity index is 931. The first-order valence-corrected chi connectivity index (χ1v) is 6.69. The fraction of sp³-hybridized carbons (Fsp3) is 0. The lowest BCUT2D eigenvalue weighted by Gasteiger charge is -2.08. The van der Waals surface area contributed by atoms with Gasteiger partial charge in [0, 0.05) is 23.3 Å². The third-order valence-corrected chi connectivity index (χ3v) is 3.42. The van der Waals surface area contributed by atoms with Crippen LogP contribution in [0.2, 0.25) is 5.02 Å². The topological polar surface area (TPSA) is 120 Å². The Kier molecular flexibility index (Phi) is 3.82. The third-order valence-electron chi connectivity index (χ3n) is 3.13. The minimum Gasteiger partial charge on any atom is -0.382 e. The Morgan fingerprint density at radius 2 is 2.09 bits per heavy atom. The minimum absolute atomic E-state index is 0.130. The van der Waals surface area contributed by atoms with Gasteiger partial charge in [-0.15, -0.1) is 15.1 Å². The molecule has 9 heteroatoms. The van der Waals surface area contributed by atoms with E-state index < -0.39 is 5.97 Å². The van der Waals surface area contributed by atoms with Gasteiger partial charge in [-0.25, -0.2) is 4.79 Å². The number of nitrogens with zero attached hydrogens (tertiary/aromatic N) is 4. The van der Waals surface area contributed by atoms with E-state index in [1.807, 2.05) is 0 Å². The van der Waals surface area contributed by atoms with E-state index in [1.54, 1.807) is 18.2 Å². The molecule has 1 aromatic carbocycles. The minimum atomic E-state index is -0.888. The molecule has 0 atom stereocenters. The van der Waals surface area contributed by atoms with E-state index in [0.29, 0.717) is 27.1 Å². The van der Waals surface area contributed by atoms with Crippen molar-refractivity contribution in [2.75, 3.05) is 5.73 Å². The van der Waals surface area contributed by atoms with E-state index in [4.69, 9.17) is 17.3 Å². The van der Waals surface area contributed by atoms with Crippen LogP contribution in [0.1, 0.15) is 10.4 Å². The van der Waals surface area contributed by atoms with Crippen molar-refractivity contribution in [3.05, 3.63) is 52.2 Å². The number of benzene rings is 1. The quantitative estimate of drug-likeness (QED) is 0.579. The van der Waals surface area contributed by atoms with Crippen LogP contribution in [0, 0.1) is 4.91 Å². The first-order chi connectivity index (χ1) is 11.1. The average molecular weight is 330 g/mol. The predicted molar refractivity (Wildman–Crippen MR) is 83.4 cm³/mol. The van der Waals surface area contributed by atoms with Crippen LogP contribution in [0.4, 0.5) is 5.82 Å². The van der Waals surface area contributed by atoms with Gasteiger partial charge in [0.15, 0.2) is 5.34 Å². The number of hydrogen-bond donors (Lipinski definition) is 1. The summed E-state index contributed by atoms with van der Waals surface area (Å²) in [6, 6.07) is 6.37. The highest BCUT2D eigenvalue weighted by molar-refractivity contribution is 6.35. The number of rotatable bonds is 3. The number of hydrogen-bond acceptors (Lipinski definition) is 8. The molecule has 0 amide bonds. The van der Waals surface area contributed by atoms with Crippen LogP contribution in [0.5, 0.6) is 0 Å². The summed E-state index contributed by atoms with van der Waals surface area (Å²) in [5.41, 5.74) is 7.25. The van der Waals surface area contributed by atoms with Gasteiger partial charge in [-0.2, -0.15) is 0 Å². The largest absolute Gasteiger partial charge is 0.382 e. The number of fused-ring (bicyclic) bond motifs is 1. The summed E-state index contributed by atoms with van der Waals surface area (Å²) in [6.07, 6.45) is 2.86. The second-order valence-corrected chi connectivity index (χ2v) is 4.95. The summed E-state index contributed by atoms with van der Waals surface area (Å²) in [4.78, 5) is 30.1. The molecular formula is C14H8ClN5O3. The highest BCUT2D eigenvalue weighted by atomic mass is 35.5. The summed E-state index contributed by atoms with van der Waals surface area (Å²) < 4.78 is 0. The van der Waals surface area contributed by atoms with Gasteiger partial charge in [0.1, 0.15) is 11.3 Å². The maximum Gasteiger partial charge on any atom is 0.370 e. The molecule has 0 saturated heterocycles. The Morgan fingerprint density at radius 1 is 1.26 bits per heavy atom. The molecule has 0 aliphatic heterocycles. The van der Waals surface area contributed by atoms with E-state index in [9.17, 15) is 9.70 Å². The molecule has 114 valence electrons. The normalized spacial score (nSPS) is 10.5. The highest BCUT2D eigenvalue weighted by Crippen LogP contribution is 2.31. The maximum atomic E-state index is 11.8. The second kappa shape index (κ2) is 5.93. The van der Waals surface area contributed by atoms with Crippen LogP contribution in [0.3, 0.4) is 0 Å². The molecule has 2 aromatic heterocycles. The Hall–Kier alpha value is -3.13. The molecule has 0 saturated carbocycles. The molecule has 0 unspecified atom stereocenters. The van der Waals surface area contributed by atoms with E-state index in [0.717, 1.165) is 0 Å². The zero-order valence-electron chi connectivity index (χ0n) is 11.4. The Balaban J connectivity index is 2.21. The monoisotopic (exact) mass is 329 g/mol. The van der Waals surface area contributed by atoms with Crippen molar-refractivity contribution in [2.24, 2.45) is 5.34 Å². The highest BCUT2D eigenvalue weighted by Gasteiger charge is 2.16. The van der Waals surface area contributed by atoms with Gasteiger partial charge in [-0.3, -0.25) is 9.82 Å². The van der Waals surface area contributed by atoms with Gasteiger partial charge in [0.2, 0.25) is 0 Å². The number of aromatic nitrogens is 3. The summed E-state index contributed by atoms with van der Waals surface area (Å²) in [7, 11) is 0. The van der Waals surface area contributed by atoms with E-state index >= 15 is 0 Å². The van der Waals surface area contributed by atoms with Crippen molar-refractivity contribution in [3.8, 4) is 11.1 Å². The SMILES string of the molecule is Nc1cc2cc(-c3cnccc3C(=O)ON=O)cc(Cl)c2nn1. The number of halogens is 1. The maximum absolute atomic E-state index is 11.8. The van der Waals surface area contributed by atoms with Crippen LogP contribution in [-0.2, 0) is 4.84 Å². The van der Waals surface area contributed by atoms with Gasteiger partial charge < -0.3 is 5.73 Å². The number of carbonyl (C=O) groups excluding carboxylic acids is 1. The molecule has 2 N–H and O–H groups in total. The fourth-order valence-electron chi connectivity index (χ4n) is 2.17. The molecule has 0 aliphatic carbocycles. The molecule has 3 rings (SSSR count). The summed E-state index contributed by atoms with van der Waals surface area (Å²) in [5.74, 6) is -0.650. The summed E-state index contributed by atoms with van der Waals surface area (Å²) >= 11 is 6.21. The molecule has 2 heterocycles. The summed E-state index contributed by atoms with van der Waals surface area (Å²) in [6.45, 7) is 0. The van der Waals surface area contributed by atoms with Crippen LogP contribution < -0.4 is 5.73 Å². The zero-order chi connectivity index (χ0) is 16.4. The van der Waals surface area contributed by atoms with Crippen LogP contribution >= 0.6 is 11.6 Å². The van der Waals surface area contributed by atoms with Crippen molar-refractivity contribution in [2.45, 2.75) is 0 Å². The van der Waals surface area contributed by atoms with E-state index in [-0.39, 0.29) is 11.4 Å². The van der Waals surface area contributed by atoms with Crippen LogP contribution in [0.25, 0.3) is 22.0 Å². The lowest BCUT2D eigenvalue weighted by molar-refractivity contribution is 0.0509. The number of carbonyl (C=O) groups is 1. The molecule has 0 radical (unpaired) electrons. The lowest BCUT2D eigenvalue weighted by Crippen LogP contribution is -2.03. The van der Waals surface area contributed by atoms with E-state index in [1.165, 1.54) is 18.5 Å². The summed E-state index contributed by atoms with van der Waals surface area (Å²) in [5, 5.41) is 10.8. The fourth-order valence-corrected chi connectivity index (χ4v) is 2.44. The number of nitrogen functional groups attached to an aromatic ring is 1. The van der Waals surface area contributed by atoms with Gasteiger partial charge in [0.05, 0.1) is 10.6 Å². The van der Waals surface area contributed by atoms with Crippen molar-refractivity contribution >= 4 is 34.3 Å². The molecule has 23 heavy (non-hydrogen) atoms. The van der Waals surface area contributed by atoms with Gasteiger partial charge >= 0.3 is 5.97 Å². The average Bonchev–Trinajstić information content (AvgIpc) is 2.54. The van der Waals surface area contributed by atoms with Gasteiger partial charge in [0.25, 0.3) is 0 Å². The van der Waals surface area contributed by atoms with Crippen molar-refractivity contribution in [3.63, 3.8) is 0 Å². The standard InChI is InChI=1S/C14H8ClN5O3/c15-11-4-7(3-8-5-12(16)18-19-13(8)11)10-6-17-2-1-9(10)14(21)23-20-22/h1-6H,(H2,16,18). The van der Waals surface area contributed by atoms with Gasteiger partial charge in [-0.05, 0) is 29.8 Å². The van der Waals surface area contributed by atoms with Crippen molar-refractivity contribution < 1.29 is 9.63 Å². The lowest BCUT2D eigenvalue weighted by atomic mass is 10.0. The zero-order valence-corrected chi connectivity index (χ0v) is 12.2. The first kappa shape index (κ1) is 14.8. The molecule has 0 spiro atoms. The molecular weight excluding hydrogens is 322 g/mol. The Labute approximate surface area is 134 Å². The molecule has 0 bridgehead atoms. The molecule has 3 aromatic rings. The number of anilines is 1. The van der Waals surface area contributed by atoms with E-state index in [2.05, 4.69) is 25.4 Å². The van der Waals surface area contributed by atoms with Crippen LogP contribution in [0.15, 0.2) is 42.0 Å². The molecule has 0 aliphatic rings. The number of nitrogens with two attached hydrogens (primary N) is 1. The second-order valence-electron chi connectivity index (χ2n) is 4.54. The van der Waals surface area contributed by atoms with Gasteiger partial charge in [-0.1, -0.05) is 11.6 Å². The smallest absolute Gasteiger partial charge is 0.370 e.